The van der Waals surface area contributed by atoms with Crippen LogP contribution in [-0.4, -0.2) is 48.1 Å². The summed E-state index contributed by atoms with van der Waals surface area (Å²) in [4.78, 5) is 24.8. The van der Waals surface area contributed by atoms with E-state index in [0.717, 1.165) is 19.5 Å². The van der Waals surface area contributed by atoms with Crippen molar-refractivity contribution in [1.29, 1.82) is 0 Å². The maximum atomic E-state index is 11.8. The first-order valence-corrected chi connectivity index (χ1v) is 5.63. The number of aliphatic carboxylic acids is 1. The van der Waals surface area contributed by atoms with E-state index in [1.165, 1.54) is 0 Å². The van der Waals surface area contributed by atoms with E-state index in [4.69, 9.17) is 5.11 Å². The SMILES string of the molecule is CC(C)[C@@H](NC(=O)C1CCN(C)C1)C(=O)O. The first kappa shape index (κ1) is 13.0. The lowest BCUT2D eigenvalue weighted by molar-refractivity contribution is -0.143. The third kappa shape index (κ3) is 3.20. The van der Waals surface area contributed by atoms with Crippen LogP contribution in [0.15, 0.2) is 0 Å². The monoisotopic (exact) mass is 228 g/mol. The molecule has 1 amide bonds. The van der Waals surface area contributed by atoms with Crippen LogP contribution in [0.3, 0.4) is 0 Å². The highest BCUT2D eigenvalue weighted by molar-refractivity contribution is 5.85. The first-order valence-electron chi connectivity index (χ1n) is 5.63. The van der Waals surface area contributed by atoms with Crippen LogP contribution in [0.25, 0.3) is 0 Å². The molecular formula is C11H20N2O3. The summed E-state index contributed by atoms with van der Waals surface area (Å²) in [6.07, 6.45) is 0.812. The van der Waals surface area contributed by atoms with E-state index in [0.29, 0.717) is 0 Å². The zero-order valence-electron chi connectivity index (χ0n) is 10.1. The molecule has 0 radical (unpaired) electrons. The summed E-state index contributed by atoms with van der Waals surface area (Å²) < 4.78 is 0. The molecular weight excluding hydrogens is 208 g/mol. The maximum absolute atomic E-state index is 11.8. The Labute approximate surface area is 95.8 Å². The molecule has 16 heavy (non-hydrogen) atoms. The predicted octanol–water partition coefficient (Wildman–Crippen LogP) is 0.164. The number of carboxylic acids is 1. The lowest BCUT2D eigenvalue weighted by Crippen LogP contribution is -2.47. The van der Waals surface area contributed by atoms with Crippen molar-refractivity contribution in [3.63, 3.8) is 0 Å². The number of amides is 1. The van der Waals surface area contributed by atoms with Gasteiger partial charge in [-0.15, -0.1) is 0 Å². The lowest BCUT2D eigenvalue weighted by atomic mass is 10.0. The van der Waals surface area contributed by atoms with E-state index in [1.807, 2.05) is 7.05 Å². The van der Waals surface area contributed by atoms with Crippen molar-refractivity contribution in [2.24, 2.45) is 11.8 Å². The second-order valence-corrected chi connectivity index (χ2v) is 4.82. The maximum Gasteiger partial charge on any atom is 0.326 e. The summed E-state index contributed by atoms with van der Waals surface area (Å²) in [6, 6.07) is -0.779. The molecule has 0 spiro atoms. The van der Waals surface area contributed by atoms with Gasteiger partial charge in [0.15, 0.2) is 0 Å². The molecule has 1 aliphatic rings. The Hall–Kier alpha value is -1.10. The Kier molecular flexibility index (Phi) is 4.29. The number of rotatable bonds is 4. The highest BCUT2D eigenvalue weighted by Gasteiger charge is 2.30. The third-order valence-corrected chi connectivity index (χ3v) is 2.99. The summed E-state index contributed by atoms with van der Waals surface area (Å²) in [6.45, 7) is 5.20. The van der Waals surface area contributed by atoms with E-state index in [-0.39, 0.29) is 17.7 Å². The van der Waals surface area contributed by atoms with Gasteiger partial charge >= 0.3 is 5.97 Å². The third-order valence-electron chi connectivity index (χ3n) is 2.99. The Morgan fingerprint density at radius 1 is 1.44 bits per heavy atom. The molecule has 92 valence electrons. The standard InChI is InChI=1S/C11H20N2O3/c1-7(2)9(11(15)16)12-10(14)8-4-5-13(3)6-8/h7-9H,4-6H2,1-3H3,(H,12,14)(H,15,16)/t8?,9-/m1/s1. The van der Waals surface area contributed by atoms with Gasteiger partial charge in [0, 0.05) is 6.54 Å². The van der Waals surface area contributed by atoms with Crippen molar-refractivity contribution in [1.82, 2.24) is 10.2 Å². The van der Waals surface area contributed by atoms with Gasteiger partial charge in [-0.25, -0.2) is 4.79 Å². The van der Waals surface area contributed by atoms with Gasteiger partial charge in [-0.2, -0.15) is 0 Å². The van der Waals surface area contributed by atoms with E-state index in [9.17, 15) is 9.59 Å². The fourth-order valence-corrected chi connectivity index (χ4v) is 1.93. The molecule has 1 rings (SSSR count). The number of likely N-dealkylation sites (tertiary alicyclic amines) is 1. The molecule has 1 saturated heterocycles. The molecule has 0 aromatic rings. The Morgan fingerprint density at radius 3 is 2.44 bits per heavy atom. The second-order valence-electron chi connectivity index (χ2n) is 4.82. The van der Waals surface area contributed by atoms with Gasteiger partial charge < -0.3 is 15.3 Å². The van der Waals surface area contributed by atoms with Crippen molar-refractivity contribution < 1.29 is 14.7 Å². The lowest BCUT2D eigenvalue weighted by Gasteiger charge is -2.20. The van der Waals surface area contributed by atoms with Crippen molar-refractivity contribution >= 4 is 11.9 Å². The first-order chi connectivity index (χ1) is 7.41. The molecule has 0 aromatic heterocycles. The minimum atomic E-state index is -0.963. The number of carbonyl (C=O) groups is 2. The van der Waals surface area contributed by atoms with Gasteiger partial charge in [0.2, 0.25) is 5.91 Å². The quantitative estimate of drug-likeness (QED) is 0.719. The van der Waals surface area contributed by atoms with Crippen LogP contribution in [0.4, 0.5) is 0 Å². The highest BCUT2D eigenvalue weighted by atomic mass is 16.4. The number of carboxylic acid groups (broad SMARTS) is 1. The summed E-state index contributed by atoms with van der Waals surface area (Å²) in [5, 5.41) is 11.6. The Bertz CT molecular complexity index is 278. The molecule has 1 aliphatic heterocycles. The average molecular weight is 228 g/mol. The van der Waals surface area contributed by atoms with Crippen LogP contribution in [0.5, 0.6) is 0 Å². The fraction of sp³-hybridized carbons (Fsp3) is 0.818. The van der Waals surface area contributed by atoms with Crippen LogP contribution in [0.2, 0.25) is 0 Å². The van der Waals surface area contributed by atoms with E-state index >= 15 is 0 Å². The van der Waals surface area contributed by atoms with Crippen LogP contribution in [0.1, 0.15) is 20.3 Å². The largest absolute Gasteiger partial charge is 0.480 e. The summed E-state index contributed by atoms with van der Waals surface area (Å²) in [5.41, 5.74) is 0. The Morgan fingerprint density at radius 2 is 2.06 bits per heavy atom. The van der Waals surface area contributed by atoms with Crippen molar-refractivity contribution in [3.05, 3.63) is 0 Å². The van der Waals surface area contributed by atoms with Crippen LogP contribution in [0, 0.1) is 11.8 Å². The molecule has 1 unspecified atom stereocenters. The normalized spacial score (nSPS) is 23.4. The number of hydrogen-bond acceptors (Lipinski definition) is 3. The molecule has 0 bridgehead atoms. The molecule has 0 aliphatic carbocycles. The van der Waals surface area contributed by atoms with Gasteiger partial charge in [-0.05, 0) is 25.9 Å². The predicted molar refractivity (Wildman–Crippen MR) is 60.0 cm³/mol. The van der Waals surface area contributed by atoms with Gasteiger partial charge in [0.25, 0.3) is 0 Å². The zero-order valence-corrected chi connectivity index (χ0v) is 10.1. The number of carbonyl (C=O) groups excluding carboxylic acids is 1. The minimum absolute atomic E-state index is 0.0643. The molecule has 1 heterocycles. The van der Waals surface area contributed by atoms with Crippen LogP contribution < -0.4 is 5.32 Å². The Balaban J connectivity index is 2.52. The van der Waals surface area contributed by atoms with E-state index in [2.05, 4.69) is 10.2 Å². The molecule has 2 atom stereocenters. The summed E-state index contributed by atoms with van der Waals surface area (Å²) >= 11 is 0. The van der Waals surface area contributed by atoms with Gasteiger partial charge in [-0.3, -0.25) is 4.79 Å². The average Bonchev–Trinajstić information content (AvgIpc) is 2.59. The van der Waals surface area contributed by atoms with Gasteiger partial charge in [0.1, 0.15) is 6.04 Å². The highest BCUT2D eigenvalue weighted by Crippen LogP contribution is 2.15. The molecule has 5 nitrogen and oxygen atoms in total. The summed E-state index contributed by atoms with van der Waals surface area (Å²) in [5.74, 6) is -1.26. The number of nitrogens with zero attached hydrogens (tertiary/aromatic N) is 1. The smallest absolute Gasteiger partial charge is 0.326 e. The van der Waals surface area contributed by atoms with Crippen molar-refractivity contribution in [3.8, 4) is 0 Å². The van der Waals surface area contributed by atoms with Crippen molar-refractivity contribution in [2.45, 2.75) is 26.3 Å². The topological polar surface area (TPSA) is 69.6 Å². The van der Waals surface area contributed by atoms with Gasteiger partial charge in [-0.1, -0.05) is 13.8 Å². The van der Waals surface area contributed by atoms with Crippen LogP contribution in [-0.2, 0) is 9.59 Å². The van der Waals surface area contributed by atoms with Crippen LogP contribution >= 0.6 is 0 Å². The van der Waals surface area contributed by atoms with E-state index in [1.54, 1.807) is 13.8 Å². The number of hydrogen-bond donors (Lipinski definition) is 2. The molecule has 1 fully saturated rings. The molecule has 5 heteroatoms. The summed E-state index contributed by atoms with van der Waals surface area (Å²) in [7, 11) is 1.96. The zero-order chi connectivity index (χ0) is 12.3. The molecule has 0 saturated carbocycles. The number of nitrogens with one attached hydrogen (secondary N) is 1. The minimum Gasteiger partial charge on any atom is -0.480 e. The van der Waals surface area contributed by atoms with Gasteiger partial charge in [0.05, 0.1) is 5.92 Å². The molecule has 0 aromatic carbocycles. The second kappa shape index (κ2) is 5.30. The van der Waals surface area contributed by atoms with E-state index < -0.39 is 12.0 Å². The molecule has 2 N–H and O–H groups in total. The van der Waals surface area contributed by atoms with Crippen molar-refractivity contribution in [2.75, 3.05) is 20.1 Å². The fourth-order valence-electron chi connectivity index (χ4n) is 1.93.